The second-order valence-electron chi connectivity index (χ2n) is 6.40. The van der Waals surface area contributed by atoms with Crippen LogP contribution in [0.1, 0.15) is 13.8 Å². The SMILES string of the molecule is CC(C)(N)CNc1cc2ncnc(Nc3ccc(F)c(Cl)c3)c2cn1. The van der Waals surface area contributed by atoms with Crippen LogP contribution in [0.25, 0.3) is 10.9 Å². The van der Waals surface area contributed by atoms with Crippen molar-refractivity contribution in [3.05, 3.63) is 47.6 Å². The standard InChI is InChI=1S/C17H18ClFN6/c1-17(2,20)8-22-15-6-14-11(7-21-15)16(24-9-23-14)25-10-3-4-13(19)12(18)5-10/h3-7,9H,8,20H2,1-2H3,(H,21,22)(H,23,24,25). The smallest absolute Gasteiger partial charge is 0.143 e. The summed E-state index contributed by atoms with van der Waals surface area (Å²) in [6, 6.07) is 6.20. The molecule has 2 aromatic heterocycles. The largest absolute Gasteiger partial charge is 0.368 e. The number of halogens is 2. The number of nitrogens with one attached hydrogen (secondary N) is 2. The summed E-state index contributed by atoms with van der Waals surface area (Å²) in [6.45, 7) is 4.44. The fraction of sp³-hybridized carbons (Fsp3) is 0.235. The molecule has 6 nitrogen and oxygen atoms in total. The summed E-state index contributed by atoms with van der Waals surface area (Å²) in [4.78, 5) is 12.9. The van der Waals surface area contributed by atoms with Crippen molar-refractivity contribution in [1.29, 1.82) is 0 Å². The molecule has 0 saturated carbocycles. The third-order valence-corrected chi connectivity index (χ3v) is 3.72. The molecule has 1 aromatic carbocycles. The summed E-state index contributed by atoms with van der Waals surface area (Å²) in [5.74, 6) is 0.770. The van der Waals surface area contributed by atoms with Crippen molar-refractivity contribution in [1.82, 2.24) is 15.0 Å². The van der Waals surface area contributed by atoms with Crippen LogP contribution in [0.2, 0.25) is 5.02 Å². The quantitative estimate of drug-likeness (QED) is 0.642. The van der Waals surface area contributed by atoms with E-state index < -0.39 is 5.82 Å². The van der Waals surface area contributed by atoms with E-state index in [1.165, 1.54) is 18.5 Å². The maximum absolute atomic E-state index is 13.3. The van der Waals surface area contributed by atoms with Gasteiger partial charge >= 0.3 is 0 Å². The Kier molecular flexibility index (Phi) is 4.69. The first kappa shape index (κ1) is 17.3. The lowest BCUT2D eigenvalue weighted by Gasteiger charge is -2.19. The Morgan fingerprint density at radius 3 is 2.72 bits per heavy atom. The van der Waals surface area contributed by atoms with Crippen LogP contribution in [0.15, 0.2) is 36.8 Å². The van der Waals surface area contributed by atoms with E-state index in [2.05, 4.69) is 25.6 Å². The van der Waals surface area contributed by atoms with Gasteiger partial charge in [0.1, 0.15) is 23.8 Å². The molecular weight excluding hydrogens is 343 g/mol. The van der Waals surface area contributed by atoms with Crippen LogP contribution in [-0.4, -0.2) is 27.0 Å². The molecule has 130 valence electrons. The summed E-state index contributed by atoms with van der Waals surface area (Å²) in [7, 11) is 0. The Hall–Kier alpha value is -2.51. The van der Waals surface area contributed by atoms with Crippen molar-refractivity contribution in [3.63, 3.8) is 0 Å². The van der Waals surface area contributed by atoms with E-state index in [4.69, 9.17) is 17.3 Å². The minimum Gasteiger partial charge on any atom is -0.368 e. The third kappa shape index (κ3) is 4.32. The topological polar surface area (TPSA) is 88.8 Å². The lowest BCUT2D eigenvalue weighted by Crippen LogP contribution is -2.39. The minimum atomic E-state index is -0.472. The predicted molar refractivity (Wildman–Crippen MR) is 98.8 cm³/mol. The molecule has 0 aliphatic heterocycles. The van der Waals surface area contributed by atoms with Gasteiger partial charge in [-0.15, -0.1) is 0 Å². The van der Waals surface area contributed by atoms with E-state index in [0.29, 0.717) is 23.9 Å². The van der Waals surface area contributed by atoms with Crippen molar-refractivity contribution in [3.8, 4) is 0 Å². The molecule has 0 aliphatic rings. The van der Waals surface area contributed by atoms with E-state index in [1.54, 1.807) is 12.3 Å². The molecule has 0 radical (unpaired) electrons. The van der Waals surface area contributed by atoms with Gasteiger partial charge in [-0.3, -0.25) is 0 Å². The van der Waals surface area contributed by atoms with Gasteiger partial charge in [-0.2, -0.15) is 0 Å². The second kappa shape index (κ2) is 6.78. The fourth-order valence-corrected chi connectivity index (χ4v) is 2.36. The average Bonchev–Trinajstić information content (AvgIpc) is 2.56. The van der Waals surface area contributed by atoms with Crippen LogP contribution >= 0.6 is 11.6 Å². The maximum atomic E-state index is 13.3. The van der Waals surface area contributed by atoms with Crippen molar-refractivity contribution in [2.24, 2.45) is 5.73 Å². The zero-order chi connectivity index (χ0) is 18.0. The van der Waals surface area contributed by atoms with Crippen LogP contribution in [0.3, 0.4) is 0 Å². The zero-order valence-corrected chi connectivity index (χ0v) is 14.6. The van der Waals surface area contributed by atoms with Crippen LogP contribution in [0.4, 0.5) is 21.7 Å². The average molecular weight is 361 g/mol. The fourth-order valence-electron chi connectivity index (χ4n) is 2.18. The van der Waals surface area contributed by atoms with Gasteiger partial charge in [0.05, 0.1) is 15.9 Å². The minimum absolute atomic E-state index is 0.0392. The van der Waals surface area contributed by atoms with Gasteiger partial charge in [0.15, 0.2) is 0 Å². The van der Waals surface area contributed by atoms with Crippen molar-refractivity contribution < 1.29 is 4.39 Å². The molecule has 3 aromatic rings. The first-order valence-electron chi connectivity index (χ1n) is 7.67. The van der Waals surface area contributed by atoms with E-state index in [0.717, 1.165) is 10.9 Å². The molecular formula is C17H18ClFN6. The number of nitrogens with zero attached hydrogens (tertiary/aromatic N) is 3. The monoisotopic (exact) mass is 360 g/mol. The number of hydrogen-bond donors (Lipinski definition) is 3. The number of anilines is 3. The van der Waals surface area contributed by atoms with E-state index >= 15 is 0 Å². The zero-order valence-electron chi connectivity index (χ0n) is 13.8. The molecule has 0 amide bonds. The Morgan fingerprint density at radius 2 is 2.00 bits per heavy atom. The van der Waals surface area contributed by atoms with Crippen molar-refractivity contribution in [2.45, 2.75) is 19.4 Å². The van der Waals surface area contributed by atoms with Gasteiger partial charge in [0.2, 0.25) is 0 Å². The highest BCUT2D eigenvalue weighted by Gasteiger charge is 2.11. The van der Waals surface area contributed by atoms with Gasteiger partial charge in [0.25, 0.3) is 0 Å². The number of rotatable bonds is 5. The highest BCUT2D eigenvalue weighted by atomic mass is 35.5. The summed E-state index contributed by atoms with van der Waals surface area (Å²) < 4.78 is 13.3. The molecule has 0 atom stereocenters. The van der Waals surface area contributed by atoms with Crippen LogP contribution in [-0.2, 0) is 0 Å². The molecule has 8 heteroatoms. The molecule has 0 unspecified atom stereocenters. The number of nitrogens with two attached hydrogens (primary N) is 1. The second-order valence-corrected chi connectivity index (χ2v) is 6.81. The van der Waals surface area contributed by atoms with Crippen LogP contribution in [0, 0.1) is 5.82 Å². The Morgan fingerprint density at radius 1 is 1.20 bits per heavy atom. The number of benzene rings is 1. The van der Waals surface area contributed by atoms with Crippen molar-refractivity contribution >= 4 is 39.8 Å². The molecule has 0 aliphatic carbocycles. The van der Waals surface area contributed by atoms with Crippen LogP contribution in [0.5, 0.6) is 0 Å². The first-order chi connectivity index (χ1) is 11.8. The normalized spacial score (nSPS) is 11.6. The molecule has 0 bridgehead atoms. The van der Waals surface area contributed by atoms with Gasteiger partial charge in [-0.25, -0.2) is 19.3 Å². The Labute approximate surface area is 149 Å². The summed E-state index contributed by atoms with van der Waals surface area (Å²) in [6.07, 6.45) is 3.13. The maximum Gasteiger partial charge on any atom is 0.143 e. The summed E-state index contributed by atoms with van der Waals surface area (Å²) in [5, 5.41) is 7.07. The van der Waals surface area contributed by atoms with Gasteiger partial charge in [-0.1, -0.05) is 11.6 Å². The van der Waals surface area contributed by atoms with Gasteiger partial charge in [0, 0.05) is 30.0 Å². The molecule has 2 heterocycles. The highest BCUT2D eigenvalue weighted by molar-refractivity contribution is 6.31. The molecule has 0 saturated heterocycles. The predicted octanol–water partition coefficient (Wildman–Crippen LogP) is 3.71. The number of pyridine rings is 1. The van der Waals surface area contributed by atoms with Crippen LogP contribution < -0.4 is 16.4 Å². The Bertz CT molecular complexity index is 909. The summed E-state index contributed by atoms with van der Waals surface area (Å²) >= 11 is 5.81. The highest BCUT2D eigenvalue weighted by Crippen LogP contribution is 2.26. The Balaban J connectivity index is 1.88. The third-order valence-electron chi connectivity index (χ3n) is 3.43. The molecule has 3 rings (SSSR count). The summed E-state index contributed by atoms with van der Waals surface area (Å²) in [5.41, 5.74) is 6.96. The lowest BCUT2D eigenvalue weighted by atomic mass is 10.1. The molecule has 25 heavy (non-hydrogen) atoms. The first-order valence-corrected chi connectivity index (χ1v) is 8.05. The number of hydrogen-bond acceptors (Lipinski definition) is 6. The van der Waals surface area contributed by atoms with Crippen molar-refractivity contribution in [2.75, 3.05) is 17.2 Å². The molecule has 0 fully saturated rings. The van der Waals surface area contributed by atoms with Gasteiger partial charge in [-0.05, 0) is 32.0 Å². The number of fused-ring (bicyclic) bond motifs is 1. The molecule has 4 N–H and O–H groups in total. The molecule has 0 spiro atoms. The lowest BCUT2D eigenvalue weighted by molar-refractivity contribution is 0.548. The van der Waals surface area contributed by atoms with Gasteiger partial charge < -0.3 is 16.4 Å². The van der Waals surface area contributed by atoms with E-state index in [9.17, 15) is 4.39 Å². The van der Waals surface area contributed by atoms with E-state index in [1.807, 2.05) is 19.9 Å². The van der Waals surface area contributed by atoms with E-state index in [-0.39, 0.29) is 10.6 Å². The number of aromatic nitrogens is 3.